The van der Waals surface area contributed by atoms with Crippen LogP contribution in [0.25, 0.3) is 0 Å². The van der Waals surface area contributed by atoms with Gasteiger partial charge in [0.05, 0.1) is 5.92 Å². The summed E-state index contributed by atoms with van der Waals surface area (Å²) in [5.41, 5.74) is 1.23. The van der Waals surface area contributed by atoms with Gasteiger partial charge in [-0.25, -0.2) is 0 Å². The van der Waals surface area contributed by atoms with Crippen LogP contribution in [0.4, 0.5) is 0 Å². The van der Waals surface area contributed by atoms with Crippen molar-refractivity contribution in [3.05, 3.63) is 35.9 Å². The minimum absolute atomic E-state index is 0.0520. The second-order valence-corrected chi connectivity index (χ2v) is 4.52. The molecule has 1 fully saturated rings. The van der Waals surface area contributed by atoms with Crippen LogP contribution in [-0.4, -0.2) is 42.2 Å². The highest BCUT2D eigenvalue weighted by atomic mass is 16.4. The van der Waals surface area contributed by atoms with Crippen molar-refractivity contribution >= 4 is 5.97 Å². The highest BCUT2D eigenvalue weighted by Gasteiger charge is 2.36. The summed E-state index contributed by atoms with van der Waals surface area (Å²) in [6, 6.07) is 10.2. The normalized spacial score (nSPS) is 25.0. The summed E-state index contributed by atoms with van der Waals surface area (Å²) in [6.45, 7) is 2.24. The fourth-order valence-electron chi connectivity index (χ4n) is 2.40. The summed E-state index contributed by atoms with van der Waals surface area (Å²) < 4.78 is 0. The van der Waals surface area contributed by atoms with Crippen LogP contribution >= 0.6 is 0 Å². The summed E-state index contributed by atoms with van der Waals surface area (Å²) in [5, 5.41) is 12.2. The molecule has 1 aliphatic heterocycles. The number of nitrogens with one attached hydrogen (secondary N) is 1. The van der Waals surface area contributed by atoms with Gasteiger partial charge in [-0.1, -0.05) is 30.3 Å². The molecule has 0 spiro atoms. The lowest BCUT2D eigenvalue weighted by molar-refractivity contribution is -0.141. The molecule has 4 nitrogen and oxygen atoms in total. The van der Waals surface area contributed by atoms with Gasteiger partial charge in [-0.3, -0.25) is 9.69 Å². The largest absolute Gasteiger partial charge is 0.481 e. The number of aliphatic carboxylic acids is 1. The maximum absolute atomic E-state index is 11.1. The average molecular weight is 234 g/mol. The minimum Gasteiger partial charge on any atom is -0.481 e. The first-order valence-corrected chi connectivity index (χ1v) is 5.87. The summed E-state index contributed by atoms with van der Waals surface area (Å²) in [6.07, 6.45) is 0. The van der Waals surface area contributed by atoms with Crippen molar-refractivity contribution < 1.29 is 9.90 Å². The molecule has 2 rings (SSSR count). The number of nitrogens with zero attached hydrogens (tertiary/aromatic N) is 1. The van der Waals surface area contributed by atoms with Crippen LogP contribution in [0.2, 0.25) is 0 Å². The van der Waals surface area contributed by atoms with Gasteiger partial charge in [-0.05, 0) is 12.6 Å². The summed E-state index contributed by atoms with van der Waals surface area (Å²) >= 11 is 0. The molecule has 0 radical (unpaired) electrons. The van der Waals surface area contributed by atoms with E-state index in [1.807, 2.05) is 25.2 Å². The quantitative estimate of drug-likeness (QED) is 0.809. The molecule has 2 N–H and O–H groups in total. The molecule has 0 saturated carbocycles. The topological polar surface area (TPSA) is 52.6 Å². The lowest BCUT2D eigenvalue weighted by Crippen LogP contribution is -2.36. The lowest BCUT2D eigenvalue weighted by atomic mass is 10.1. The molecule has 2 unspecified atom stereocenters. The third kappa shape index (κ3) is 2.84. The Bertz CT molecular complexity index is 380. The van der Waals surface area contributed by atoms with Crippen LogP contribution in [-0.2, 0) is 11.3 Å². The predicted molar refractivity (Wildman–Crippen MR) is 65.7 cm³/mol. The predicted octanol–water partition coefficient (Wildman–Crippen LogP) is 0.791. The van der Waals surface area contributed by atoms with E-state index in [4.69, 9.17) is 5.11 Å². The smallest absolute Gasteiger partial charge is 0.309 e. The minimum atomic E-state index is -0.708. The first-order valence-electron chi connectivity index (χ1n) is 5.87. The lowest BCUT2D eigenvalue weighted by Gasteiger charge is -2.15. The van der Waals surface area contributed by atoms with E-state index >= 15 is 0 Å². The zero-order chi connectivity index (χ0) is 12.3. The van der Waals surface area contributed by atoms with Crippen molar-refractivity contribution in [2.24, 2.45) is 5.92 Å². The zero-order valence-electron chi connectivity index (χ0n) is 9.97. The summed E-state index contributed by atoms with van der Waals surface area (Å²) in [4.78, 5) is 13.3. The molecule has 2 atom stereocenters. The van der Waals surface area contributed by atoms with Crippen molar-refractivity contribution in [2.45, 2.75) is 12.6 Å². The van der Waals surface area contributed by atoms with E-state index in [0.29, 0.717) is 6.54 Å². The number of carboxylic acids is 1. The van der Waals surface area contributed by atoms with Crippen molar-refractivity contribution in [2.75, 3.05) is 20.1 Å². The molecule has 1 saturated heterocycles. The van der Waals surface area contributed by atoms with Crippen molar-refractivity contribution in [3.8, 4) is 0 Å². The average Bonchev–Trinajstić information content (AvgIpc) is 2.73. The molecule has 0 bridgehead atoms. The Morgan fingerprint density at radius 1 is 1.41 bits per heavy atom. The Balaban J connectivity index is 1.99. The molecular weight excluding hydrogens is 216 g/mol. The number of hydrogen-bond donors (Lipinski definition) is 2. The van der Waals surface area contributed by atoms with Gasteiger partial charge < -0.3 is 10.4 Å². The van der Waals surface area contributed by atoms with E-state index in [1.165, 1.54) is 5.56 Å². The van der Waals surface area contributed by atoms with E-state index in [1.54, 1.807) is 0 Å². The molecule has 0 aliphatic carbocycles. The molecular formula is C13H18N2O2. The fourth-order valence-corrected chi connectivity index (χ4v) is 2.40. The molecule has 0 aromatic heterocycles. The number of likely N-dealkylation sites (N-methyl/N-ethyl adjacent to an activating group) is 1. The summed E-state index contributed by atoms with van der Waals surface area (Å²) in [7, 11) is 1.83. The van der Waals surface area contributed by atoms with Crippen molar-refractivity contribution in [1.82, 2.24) is 10.2 Å². The number of likely N-dealkylation sites (tertiary alicyclic amines) is 1. The monoisotopic (exact) mass is 234 g/mol. The second-order valence-electron chi connectivity index (χ2n) is 4.52. The highest BCUT2D eigenvalue weighted by molar-refractivity contribution is 5.71. The first-order chi connectivity index (χ1) is 8.20. The van der Waals surface area contributed by atoms with Crippen LogP contribution in [0.3, 0.4) is 0 Å². The zero-order valence-corrected chi connectivity index (χ0v) is 9.97. The van der Waals surface area contributed by atoms with E-state index in [9.17, 15) is 4.79 Å². The van der Waals surface area contributed by atoms with Gasteiger partial charge in [0.15, 0.2) is 0 Å². The van der Waals surface area contributed by atoms with Gasteiger partial charge in [-0.2, -0.15) is 0 Å². The maximum atomic E-state index is 11.1. The van der Waals surface area contributed by atoms with Gasteiger partial charge in [0.2, 0.25) is 0 Å². The number of carbonyl (C=O) groups is 1. The molecule has 1 aliphatic rings. The first kappa shape index (κ1) is 12.1. The number of rotatable bonds is 4. The van der Waals surface area contributed by atoms with Crippen LogP contribution in [0.5, 0.6) is 0 Å². The van der Waals surface area contributed by atoms with Gasteiger partial charge in [-0.15, -0.1) is 0 Å². The van der Waals surface area contributed by atoms with E-state index in [2.05, 4.69) is 22.3 Å². The number of carboxylic acid groups (broad SMARTS) is 1. The highest BCUT2D eigenvalue weighted by Crippen LogP contribution is 2.19. The Kier molecular flexibility index (Phi) is 3.76. The van der Waals surface area contributed by atoms with Crippen molar-refractivity contribution in [3.63, 3.8) is 0 Å². The van der Waals surface area contributed by atoms with Gasteiger partial charge >= 0.3 is 5.97 Å². The molecule has 1 aromatic rings. The SMILES string of the molecule is CNC1CN(Cc2ccccc2)CC1C(=O)O. The van der Waals surface area contributed by atoms with Crippen LogP contribution in [0.15, 0.2) is 30.3 Å². The molecule has 0 amide bonds. The third-order valence-corrected chi connectivity index (χ3v) is 3.33. The fraction of sp³-hybridized carbons (Fsp3) is 0.462. The summed E-state index contributed by atoms with van der Waals surface area (Å²) in [5.74, 6) is -1.01. The maximum Gasteiger partial charge on any atom is 0.309 e. The molecule has 92 valence electrons. The Morgan fingerprint density at radius 2 is 2.12 bits per heavy atom. The second kappa shape index (κ2) is 5.29. The van der Waals surface area contributed by atoms with Gasteiger partial charge in [0.1, 0.15) is 0 Å². The number of benzene rings is 1. The van der Waals surface area contributed by atoms with E-state index < -0.39 is 5.97 Å². The molecule has 1 heterocycles. The molecule has 4 heteroatoms. The van der Waals surface area contributed by atoms with E-state index in [0.717, 1.165) is 13.1 Å². The van der Waals surface area contributed by atoms with Crippen LogP contribution in [0.1, 0.15) is 5.56 Å². The van der Waals surface area contributed by atoms with Crippen LogP contribution < -0.4 is 5.32 Å². The molecule has 1 aromatic carbocycles. The Labute approximate surface area is 101 Å². The Hall–Kier alpha value is -1.39. The van der Waals surface area contributed by atoms with Crippen LogP contribution in [0, 0.1) is 5.92 Å². The third-order valence-electron chi connectivity index (χ3n) is 3.33. The van der Waals surface area contributed by atoms with E-state index in [-0.39, 0.29) is 12.0 Å². The number of hydrogen-bond acceptors (Lipinski definition) is 3. The van der Waals surface area contributed by atoms with Crippen molar-refractivity contribution in [1.29, 1.82) is 0 Å². The van der Waals surface area contributed by atoms with Gasteiger partial charge in [0, 0.05) is 25.7 Å². The standard InChI is InChI=1S/C13H18N2O2/c1-14-12-9-15(8-11(12)13(16)17)7-10-5-3-2-4-6-10/h2-6,11-12,14H,7-9H2,1H3,(H,16,17). The molecule has 17 heavy (non-hydrogen) atoms. The Morgan fingerprint density at radius 3 is 2.65 bits per heavy atom. The van der Waals surface area contributed by atoms with Gasteiger partial charge in [0.25, 0.3) is 0 Å².